The number of aromatic nitrogens is 2. The van der Waals surface area contributed by atoms with Crippen LogP contribution in [0.3, 0.4) is 0 Å². The predicted molar refractivity (Wildman–Crippen MR) is 83.9 cm³/mol. The van der Waals surface area contributed by atoms with Gasteiger partial charge in [0.25, 0.3) is 5.91 Å². The van der Waals surface area contributed by atoms with Crippen molar-refractivity contribution in [3.05, 3.63) is 47.5 Å². The second-order valence-corrected chi connectivity index (χ2v) is 5.73. The maximum atomic E-state index is 12.8. The Kier molecular flexibility index (Phi) is 3.78. The highest BCUT2D eigenvalue weighted by Gasteiger charge is 2.28. The Morgan fingerprint density at radius 2 is 2.12 bits per heavy atom. The SMILES string of the molecule is Cc1ccnc([C@@H]2CN(C(=O)c3ccc4c(c3)OCO4)CCO2)n1. The lowest BCUT2D eigenvalue weighted by Gasteiger charge is -2.32. The first-order chi connectivity index (χ1) is 11.7. The van der Waals surface area contributed by atoms with E-state index in [9.17, 15) is 4.79 Å². The molecule has 2 aromatic rings. The van der Waals surface area contributed by atoms with E-state index in [1.54, 1.807) is 29.3 Å². The monoisotopic (exact) mass is 327 g/mol. The van der Waals surface area contributed by atoms with Crippen LogP contribution in [0.25, 0.3) is 0 Å². The van der Waals surface area contributed by atoms with Gasteiger partial charge < -0.3 is 19.1 Å². The summed E-state index contributed by atoms with van der Waals surface area (Å²) in [5.74, 6) is 1.82. The summed E-state index contributed by atoms with van der Waals surface area (Å²) in [6.07, 6.45) is 1.40. The highest BCUT2D eigenvalue weighted by Crippen LogP contribution is 2.33. The Hall–Kier alpha value is -2.67. The fraction of sp³-hybridized carbons (Fsp3) is 0.353. The summed E-state index contributed by atoms with van der Waals surface area (Å²) in [6.45, 7) is 3.52. The van der Waals surface area contributed by atoms with Crippen LogP contribution in [0.15, 0.2) is 30.5 Å². The minimum atomic E-state index is -0.309. The zero-order chi connectivity index (χ0) is 16.5. The highest BCUT2D eigenvalue weighted by atomic mass is 16.7. The fourth-order valence-electron chi connectivity index (χ4n) is 2.83. The van der Waals surface area contributed by atoms with Gasteiger partial charge in [0, 0.05) is 24.0 Å². The van der Waals surface area contributed by atoms with Crippen molar-refractivity contribution in [1.29, 1.82) is 0 Å². The van der Waals surface area contributed by atoms with Crippen LogP contribution in [0.5, 0.6) is 11.5 Å². The molecule has 0 bridgehead atoms. The number of benzene rings is 1. The first-order valence-corrected chi connectivity index (χ1v) is 7.81. The Morgan fingerprint density at radius 1 is 1.25 bits per heavy atom. The molecule has 4 rings (SSSR count). The summed E-state index contributed by atoms with van der Waals surface area (Å²) in [6, 6.07) is 7.07. The van der Waals surface area contributed by atoms with Crippen LogP contribution in [-0.2, 0) is 4.74 Å². The number of fused-ring (bicyclic) bond motifs is 1. The second kappa shape index (κ2) is 6.09. The zero-order valence-corrected chi connectivity index (χ0v) is 13.3. The molecule has 1 amide bonds. The normalized spacial score (nSPS) is 19.4. The van der Waals surface area contributed by atoms with E-state index in [0.717, 1.165) is 5.69 Å². The Bertz CT molecular complexity index is 780. The zero-order valence-electron chi connectivity index (χ0n) is 13.3. The highest BCUT2D eigenvalue weighted by molar-refractivity contribution is 5.95. The minimum absolute atomic E-state index is 0.0609. The number of morpholine rings is 1. The van der Waals surface area contributed by atoms with Crippen LogP contribution in [0.2, 0.25) is 0 Å². The van der Waals surface area contributed by atoms with Crippen LogP contribution < -0.4 is 9.47 Å². The third-order valence-corrected chi connectivity index (χ3v) is 4.07. The van der Waals surface area contributed by atoms with Gasteiger partial charge in [0.1, 0.15) is 6.10 Å². The molecule has 1 aromatic heterocycles. The van der Waals surface area contributed by atoms with Crippen LogP contribution >= 0.6 is 0 Å². The van der Waals surface area contributed by atoms with Crippen LogP contribution in [0.1, 0.15) is 28.0 Å². The number of amides is 1. The van der Waals surface area contributed by atoms with Crippen molar-refractivity contribution in [3.8, 4) is 11.5 Å². The van der Waals surface area contributed by atoms with E-state index in [1.165, 1.54) is 0 Å². The fourth-order valence-corrected chi connectivity index (χ4v) is 2.83. The molecule has 0 spiro atoms. The molecule has 0 aliphatic carbocycles. The first kappa shape index (κ1) is 14.9. The van der Waals surface area contributed by atoms with Crippen molar-refractivity contribution in [2.45, 2.75) is 13.0 Å². The molecule has 1 saturated heterocycles. The number of hydrogen-bond donors (Lipinski definition) is 0. The van der Waals surface area contributed by atoms with E-state index >= 15 is 0 Å². The molecule has 2 aliphatic rings. The van der Waals surface area contributed by atoms with Crippen molar-refractivity contribution in [2.75, 3.05) is 26.5 Å². The summed E-state index contributed by atoms with van der Waals surface area (Å²) in [7, 11) is 0. The number of aryl methyl sites for hydroxylation is 1. The second-order valence-electron chi connectivity index (χ2n) is 5.73. The molecule has 1 fully saturated rings. The molecule has 2 aliphatic heterocycles. The number of rotatable bonds is 2. The van der Waals surface area contributed by atoms with Gasteiger partial charge in [-0.25, -0.2) is 9.97 Å². The molecule has 0 saturated carbocycles. The molecule has 3 heterocycles. The van der Waals surface area contributed by atoms with Gasteiger partial charge in [-0.15, -0.1) is 0 Å². The van der Waals surface area contributed by atoms with Crippen LogP contribution in [0, 0.1) is 6.92 Å². The van der Waals surface area contributed by atoms with E-state index in [-0.39, 0.29) is 18.8 Å². The molecule has 124 valence electrons. The van der Waals surface area contributed by atoms with Crippen molar-refractivity contribution in [2.24, 2.45) is 0 Å². The van der Waals surface area contributed by atoms with Gasteiger partial charge >= 0.3 is 0 Å². The quantitative estimate of drug-likeness (QED) is 0.836. The molecule has 24 heavy (non-hydrogen) atoms. The van der Waals surface area contributed by atoms with Crippen molar-refractivity contribution < 1.29 is 19.0 Å². The van der Waals surface area contributed by atoms with E-state index in [2.05, 4.69) is 9.97 Å². The molecule has 0 N–H and O–H groups in total. The average Bonchev–Trinajstić information content (AvgIpc) is 3.09. The number of carbonyl (C=O) groups excluding carboxylic acids is 1. The minimum Gasteiger partial charge on any atom is -0.454 e. The van der Waals surface area contributed by atoms with E-state index in [0.29, 0.717) is 42.6 Å². The molecule has 0 unspecified atom stereocenters. The lowest BCUT2D eigenvalue weighted by Crippen LogP contribution is -2.42. The third-order valence-electron chi connectivity index (χ3n) is 4.07. The summed E-state index contributed by atoms with van der Waals surface area (Å²) >= 11 is 0. The van der Waals surface area contributed by atoms with Crippen LogP contribution in [-0.4, -0.2) is 47.3 Å². The summed E-state index contributed by atoms with van der Waals surface area (Å²) in [4.78, 5) is 23.2. The summed E-state index contributed by atoms with van der Waals surface area (Å²) in [5.41, 5.74) is 1.45. The molecule has 1 aromatic carbocycles. The molecular weight excluding hydrogens is 310 g/mol. The van der Waals surface area contributed by atoms with E-state index in [4.69, 9.17) is 14.2 Å². The smallest absolute Gasteiger partial charge is 0.254 e. The van der Waals surface area contributed by atoms with Gasteiger partial charge in [-0.05, 0) is 31.2 Å². The largest absolute Gasteiger partial charge is 0.454 e. The molecule has 7 nitrogen and oxygen atoms in total. The van der Waals surface area contributed by atoms with Gasteiger partial charge in [0.05, 0.1) is 13.2 Å². The summed E-state index contributed by atoms with van der Waals surface area (Å²) < 4.78 is 16.4. The average molecular weight is 327 g/mol. The first-order valence-electron chi connectivity index (χ1n) is 7.81. The van der Waals surface area contributed by atoms with Gasteiger partial charge in [-0.1, -0.05) is 0 Å². The number of nitrogens with zero attached hydrogens (tertiary/aromatic N) is 3. The molecular formula is C17H17N3O4. The van der Waals surface area contributed by atoms with Gasteiger partial charge in [0.15, 0.2) is 17.3 Å². The van der Waals surface area contributed by atoms with E-state index < -0.39 is 0 Å². The number of carbonyl (C=O) groups is 1. The van der Waals surface area contributed by atoms with Gasteiger partial charge in [0.2, 0.25) is 6.79 Å². The third kappa shape index (κ3) is 2.78. The number of ether oxygens (including phenoxy) is 3. The van der Waals surface area contributed by atoms with Crippen molar-refractivity contribution >= 4 is 5.91 Å². The standard InChI is InChI=1S/C17H17N3O4/c1-11-4-5-18-16(19-11)15-9-20(6-7-22-15)17(21)12-2-3-13-14(8-12)24-10-23-13/h2-5,8,15H,6-7,9-10H2,1H3/t15-/m0/s1. The Balaban J connectivity index is 1.52. The maximum absolute atomic E-state index is 12.8. The number of hydrogen-bond acceptors (Lipinski definition) is 6. The van der Waals surface area contributed by atoms with Crippen molar-refractivity contribution in [3.63, 3.8) is 0 Å². The predicted octanol–water partition coefficient (Wildman–Crippen LogP) is 1.73. The molecule has 0 radical (unpaired) electrons. The topological polar surface area (TPSA) is 73.8 Å². The Morgan fingerprint density at radius 3 is 3.00 bits per heavy atom. The lowest BCUT2D eigenvalue weighted by atomic mass is 10.1. The maximum Gasteiger partial charge on any atom is 0.254 e. The van der Waals surface area contributed by atoms with Gasteiger partial charge in [-0.2, -0.15) is 0 Å². The van der Waals surface area contributed by atoms with Crippen molar-refractivity contribution in [1.82, 2.24) is 14.9 Å². The molecule has 7 heteroatoms. The Labute approximate surface area is 139 Å². The van der Waals surface area contributed by atoms with E-state index in [1.807, 2.05) is 13.0 Å². The van der Waals surface area contributed by atoms with Gasteiger partial charge in [-0.3, -0.25) is 4.79 Å². The lowest BCUT2D eigenvalue weighted by molar-refractivity contribution is -0.0268. The van der Waals surface area contributed by atoms with Crippen LogP contribution in [0.4, 0.5) is 0 Å². The molecule has 1 atom stereocenters. The summed E-state index contributed by atoms with van der Waals surface area (Å²) in [5, 5.41) is 0.